The van der Waals surface area contributed by atoms with Crippen molar-refractivity contribution >= 4 is 34.5 Å². The number of imidazole rings is 1. The number of nitrogens with one attached hydrogen (secondary N) is 2. The number of carbonyl (C=O) groups is 1. The maximum absolute atomic E-state index is 12.0. The van der Waals surface area contributed by atoms with E-state index in [9.17, 15) is 9.18 Å². The third-order valence-electron chi connectivity index (χ3n) is 3.25. The van der Waals surface area contributed by atoms with Crippen molar-refractivity contribution in [1.82, 2.24) is 15.0 Å². The van der Waals surface area contributed by atoms with Crippen molar-refractivity contribution in [3.05, 3.63) is 41.0 Å². The third kappa shape index (κ3) is 3.46. The van der Waals surface area contributed by atoms with Gasteiger partial charge in [0.25, 0.3) is 0 Å². The molecule has 8 heteroatoms. The number of pyridine rings is 1. The molecule has 0 aliphatic heterocycles. The second-order valence-electron chi connectivity index (χ2n) is 5.11. The van der Waals surface area contributed by atoms with Crippen molar-refractivity contribution in [2.24, 2.45) is 0 Å². The van der Waals surface area contributed by atoms with Crippen LogP contribution < -0.4 is 5.32 Å². The predicted octanol–water partition coefficient (Wildman–Crippen LogP) is 4.10. The number of halogens is 2. The van der Waals surface area contributed by atoms with Crippen LogP contribution in [0.1, 0.15) is 5.56 Å². The van der Waals surface area contributed by atoms with Crippen molar-refractivity contribution in [1.29, 1.82) is 0 Å². The molecule has 0 fully saturated rings. The molecule has 0 spiro atoms. The van der Waals surface area contributed by atoms with E-state index in [1.54, 1.807) is 24.4 Å². The molecule has 0 aliphatic rings. The molecule has 24 heavy (non-hydrogen) atoms. The minimum atomic E-state index is -0.734. The number of H-pyrrole nitrogens is 1. The zero-order valence-corrected chi connectivity index (χ0v) is 13.5. The number of aromatic amines is 1. The molecule has 0 radical (unpaired) electrons. The molecule has 0 saturated carbocycles. The van der Waals surface area contributed by atoms with Gasteiger partial charge in [-0.25, -0.2) is 19.2 Å². The number of nitrogens with zero attached hydrogens (tertiary/aromatic N) is 2. The summed E-state index contributed by atoms with van der Waals surface area (Å²) in [4.78, 5) is 23.3. The lowest BCUT2D eigenvalue weighted by Gasteiger charge is -2.08. The van der Waals surface area contributed by atoms with Crippen molar-refractivity contribution in [3.63, 3.8) is 0 Å². The van der Waals surface area contributed by atoms with Crippen LogP contribution in [0.15, 0.2) is 30.5 Å². The van der Waals surface area contributed by atoms with Gasteiger partial charge in [0, 0.05) is 17.4 Å². The van der Waals surface area contributed by atoms with Crippen LogP contribution in [-0.2, 0) is 4.74 Å². The fourth-order valence-electron chi connectivity index (χ4n) is 2.20. The number of alkyl halides is 1. The van der Waals surface area contributed by atoms with E-state index in [0.717, 1.165) is 11.1 Å². The first kappa shape index (κ1) is 16.2. The molecular weight excluding hydrogens is 335 g/mol. The fourth-order valence-corrected chi connectivity index (χ4v) is 2.41. The van der Waals surface area contributed by atoms with Gasteiger partial charge >= 0.3 is 6.09 Å². The van der Waals surface area contributed by atoms with Gasteiger partial charge in [0.1, 0.15) is 19.1 Å². The first-order chi connectivity index (χ1) is 11.6. The lowest BCUT2D eigenvalue weighted by molar-refractivity contribution is 0.152. The zero-order valence-electron chi connectivity index (χ0n) is 12.8. The van der Waals surface area contributed by atoms with Gasteiger partial charge in [0.2, 0.25) is 0 Å². The van der Waals surface area contributed by atoms with Gasteiger partial charge in [-0.15, -0.1) is 0 Å². The van der Waals surface area contributed by atoms with Gasteiger partial charge in [-0.05, 0) is 36.8 Å². The van der Waals surface area contributed by atoms with Crippen LogP contribution in [-0.4, -0.2) is 34.3 Å². The summed E-state index contributed by atoms with van der Waals surface area (Å²) in [5.41, 5.74) is 3.45. The number of hydrogen-bond donors (Lipinski definition) is 2. The molecule has 1 aromatic carbocycles. The normalized spacial score (nSPS) is 10.8. The quantitative estimate of drug-likeness (QED) is 0.743. The van der Waals surface area contributed by atoms with Gasteiger partial charge in [-0.2, -0.15) is 0 Å². The first-order valence-corrected chi connectivity index (χ1v) is 7.56. The van der Waals surface area contributed by atoms with E-state index in [4.69, 9.17) is 11.6 Å². The molecule has 1 amide bonds. The zero-order chi connectivity index (χ0) is 17.1. The minimum absolute atomic E-state index is 0.291. The number of benzene rings is 1. The lowest BCUT2D eigenvalue weighted by Crippen LogP contribution is -2.15. The topological polar surface area (TPSA) is 79.9 Å². The van der Waals surface area contributed by atoms with Crippen LogP contribution in [0, 0.1) is 6.92 Å². The highest BCUT2D eigenvalue weighted by Crippen LogP contribution is 2.30. The van der Waals surface area contributed by atoms with Crippen molar-refractivity contribution in [2.45, 2.75) is 6.92 Å². The van der Waals surface area contributed by atoms with E-state index in [0.29, 0.717) is 27.7 Å². The Morgan fingerprint density at radius 1 is 1.42 bits per heavy atom. The summed E-state index contributed by atoms with van der Waals surface area (Å²) in [6, 6.07) is 6.84. The molecule has 124 valence electrons. The summed E-state index contributed by atoms with van der Waals surface area (Å²) < 4.78 is 16.7. The molecule has 0 saturated heterocycles. The smallest absolute Gasteiger partial charge is 0.411 e. The maximum Gasteiger partial charge on any atom is 0.411 e. The summed E-state index contributed by atoms with van der Waals surface area (Å²) >= 11 is 6.24. The molecule has 6 nitrogen and oxygen atoms in total. The summed E-state index contributed by atoms with van der Waals surface area (Å²) in [5, 5.41) is 2.98. The number of amides is 1. The van der Waals surface area contributed by atoms with E-state index in [-0.39, 0.29) is 6.61 Å². The van der Waals surface area contributed by atoms with Crippen LogP contribution in [0.5, 0.6) is 0 Å². The average molecular weight is 349 g/mol. The Morgan fingerprint density at radius 2 is 2.25 bits per heavy atom. The first-order valence-electron chi connectivity index (χ1n) is 7.19. The second-order valence-corrected chi connectivity index (χ2v) is 5.52. The summed E-state index contributed by atoms with van der Waals surface area (Å²) in [6.07, 6.45) is 0.996. The molecule has 0 atom stereocenters. The Balaban J connectivity index is 1.91. The minimum Gasteiger partial charge on any atom is -0.447 e. The standard InChI is InChI=1S/C16H14ClFN4O2/c1-9-6-13-15(19-8-9)22-14(21-13)11-7-10(2-3-12(11)17)20-16(23)24-5-4-18/h2-3,6-8H,4-5H2,1H3,(H,20,23)(H,19,21,22). The number of rotatable bonds is 4. The Bertz CT molecular complexity index is 897. The largest absolute Gasteiger partial charge is 0.447 e. The summed E-state index contributed by atoms with van der Waals surface area (Å²) in [6.45, 7) is 0.916. The molecule has 0 unspecified atom stereocenters. The summed E-state index contributed by atoms with van der Waals surface area (Å²) in [5.74, 6) is 0.536. The molecule has 2 heterocycles. The fraction of sp³-hybridized carbons (Fsp3) is 0.188. The monoisotopic (exact) mass is 348 g/mol. The molecule has 0 bridgehead atoms. The Hall–Kier alpha value is -2.67. The van der Waals surface area contributed by atoms with E-state index in [1.165, 1.54) is 0 Å². The van der Waals surface area contributed by atoms with Crippen molar-refractivity contribution in [3.8, 4) is 11.4 Å². The number of ether oxygens (including phenoxy) is 1. The highest BCUT2D eigenvalue weighted by molar-refractivity contribution is 6.33. The van der Waals surface area contributed by atoms with Crippen LogP contribution in [0.3, 0.4) is 0 Å². The molecule has 3 rings (SSSR count). The lowest BCUT2D eigenvalue weighted by atomic mass is 10.2. The molecular formula is C16H14ClFN4O2. The van der Waals surface area contributed by atoms with Gasteiger partial charge in [0.15, 0.2) is 5.65 Å². The highest BCUT2D eigenvalue weighted by atomic mass is 35.5. The van der Waals surface area contributed by atoms with Gasteiger partial charge in [0.05, 0.1) is 10.5 Å². The second kappa shape index (κ2) is 6.84. The summed E-state index contributed by atoms with van der Waals surface area (Å²) in [7, 11) is 0. The van der Waals surface area contributed by atoms with E-state index in [1.807, 2.05) is 13.0 Å². The SMILES string of the molecule is Cc1cnc2nc(-c3cc(NC(=O)OCCF)ccc3Cl)[nH]c2c1. The van der Waals surface area contributed by atoms with E-state index < -0.39 is 12.8 Å². The van der Waals surface area contributed by atoms with Gasteiger partial charge in [-0.3, -0.25) is 5.32 Å². The van der Waals surface area contributed by atoms with E-state index in [2.05, 4.69) is 25.0 Å². The van der Waals surface area contributed by atoms with Crippen LogP contribution >= 0.6 is 11.6 Å². The van der Waals surface area contributed by atoms with Crippen LogP contribution in [0.4, 0.5) is 14.9 Å². The maximum atomic E-state index is 12.0. The number of anilines is 1. The van der Waals surface area contributed by atoms with Gasteiger partial charge < -0.3 is 9.72 Å². The van der Waals surface area contributed by atoms with Crippen molar-refractivity contribution < 1.29 is 13.9 Å². The molecule has 0 aliphatic carbocycles. The molecule has 2 N–H and O–H groups in total. The number of aryl methyl sites for hydroxylation is 1. The number of hydrogen-bond acceptors (Lipinski definition) is 4. The van der Waals surface area contributed by atoms with E-state index >= 15 is 0 Å². The average Bonchev–Trinajstić information content (AvgIpc) is 2.97. The number of carbonyl (C=O) groups excluding carboxylic acids is 1. The Labute approximate surface area is 142 Å². The predicted molar refractivity (Wildman–Crippen MR) is 90.0 cm³/mol. The van der Waals surface area contributed by atoms with Crippen LogP contribution in [0.25, 0.3) is 22.6 Å². The number of aromatic nitrogens is 3. The van der Waals surface area contributed by atoms with Crippen molar-refractivity contribution in [2.75, 3.05) is 18.6 Å². The highest BCUT2D eigenvalue weighted by Gasteiger charge is 2.12. The Morgan fingerprint density at radius 3 is 3.04 bits per heavy atom. The molecule has 3 aromatic rings. The van der Waals surface area contributed by atoms with Crippen LogP contribution in [0.2, 0.25) is 5.02 Å². The Kier molecular flexibility index (Phi) is 4.61. The molecule has 2 aromatic heterocycles. The third-order valence-corrected chi connectivity index (χ3v) is 3.58. The number of fused-ring (bicyclic) bond motifs is 1. The van der Waals surface area contributed by atoms with Gasteiger partial charge in [-0.1, -0.05) is 11.6 Å².